The number of allylic oxidation sites excluding steroid dienone is 4. The molecule has 0 aliphatic heterocycles. The van der Waals surface area contributed by atoms with Gasteiger partial charge in [-0.2, -0.15) is 0 Å². The minimum absolute atomic E-state index is 0.0314. The minimum atomic E-state index is -0.683. The summed E-state index contributed by atoms with van der Waals surface area (Å²) in [7, 11) is 0. The standard InChI is InChI=1S/C58H111NO5/c1-3-5-7-9-11-13-15-17-19-21-23-24-25-27-29-31-34-38-42-46-50-56(61)55(54-60)59-57(62)51-47-43-39-35-33-37-41-45-49-53-64-58(63)52-48-44-40-36-32-30-28-26-22-20-18-16-14-12-10-8-6-4-2/h14,16,20,22,55-56,60-61H,3-13,15,17-19,21,23-54H2,1-2H3,(H,59,62)/b16-14-,22-20-. The molecule has 6 heteroatoms. The molecule has 2 atom stereocenters. The number of carbonyl (C=O) groups excluding carboxylic acids is 2. The van der Waals surface area contributed by atoms with Gasteiger partial charge >= 0.3 is 5.97 Å². The summed E-state index contributed by atoms with van der Waals surface area (Å²) in [6, 6.07) is -0.563. The van der Waals surface area contributed by atoms with E-state index in [1.54, 1.807) is 0 Å². The summed E-state index contributed by atoms with van der Waals surface area (Å²) in [6.45, 7) is 4.89. The Morgan fingerprint density at radius 1 is 0.438 bits per heavy atom. The molecule has 0 aromatic carbocycles. The van der Waals surface area contributed by atoms with Crippen molar-refractivity contribution in [3.63, 3.8) is 0 Å². The first-order valence-electron chi connectivity index (χ1n) is 28.6. The van der Waals surface area contributed by atoms with Gasteiger partial charge in [-0.25, -0.2) is 0 Å². The zero-order valence-corrected chi connectivity index (χ0v) is 43.0. The summed E-state index contributed by atoms with van der Waals surface area (Å²) in [5, 5.41) is 23.3. The smallest absolute Gasteiger partial charge is 0.305 e. The highest BCUT2D eigenvalue weighted by molar-refractivity contribution is 5.76. The number of hydrogen-bond donors (Lipinski definition) is 3. The maximum atomic E-state index is 12.5. The SMILES string of the molecule is CCCCCC/C=C\C/C=C\CCCCCCCCCC(=O)OCCCCCCCCCCCC(=O)NC(CO)C(O)CCCCCCCCCCCCCCCCCCCCCC. The number of nitrogens with one attached hydrogen (secondary N) is 1. The highest BCUT2D eigenvalue weighted by Crippen LogP contribution is 2.17. The highest BCUT2D eigenvalue weighted by Gasteiger charge is 2.20. The molecule has 0 fully saturated rings. The van der Waals surface area contributed by atoms with Crippen LogP contribution >= 0.6 is 0 Å². The number of aliphatic hydroxyl groups is 2. The van der Waals surface area contributed by atoms with Gasteiger partial charge in [0, 0.05) is 12.8 Å². The van der Waals surface area contributed by atoms with E-state index in [1.807, 2.05) is 0 Å². The summed E-state index contributed by atoms with van der Waals surface area (Å²) < 4.78 is 5.46. The van der Waals surface area contributed by atoms with Crippen LogP contribution in [-0.2, 0) is 14.3 Å². The van der Waals surface area contributed by atoms with Gasteiger partial charge in [-0.1, -0.05) is 263 Å². The van der Waals surface area contributed by atoms with Crippen LogP contribution in [0.1, 0.15) is 309 Å². The van der Waals surface area contributed by atoms with Gasteiger partial charge in [0.15, 0.2) is 0 Å². The lowest BCUT2D eigenvalue weighted by Gasteiger charge is -2.22. The van der Waals surface area contributed by atoms with Gasteiger partial charge in [0.25, 0.3) is 0 Å². The van der Waals surface area contributed by atoms with Gasteiger partial charge in [-0.3, -0.25) is 9.59 Å². The van der Waals surface area contributed by atoms with E-state index >= 15 is 0 Å². The molecule has 0 radical (unpaired) electrons. The van der Waals surface area contributed by atoms with Gasteiger partial charge in [0.2, 0.25) is 5.91 Å². The minimum Gasteiger partial charge on any atom is -0.466 e. The molecule has 6 nitrogen and oxygen atoms in total. The molecule has 0 aromatic rings. The molecular weight excluding hydrogens is 791 g/mol. The Bertz CT molecular complexity index is 997. The van der Waals surface area contributed by atoms with Crippen LogP contribution < -0.4 is 5.32 Å². The first-order chi connectivity index (χ1) is 31.5. The maximum Gasteiger partial charge on any atom is 0.305 e. The van der Waals surface area contributed by atoms with Crippen LogP contribution in [0.25, 0.3) is 0 Å². The van der Waals surface area contributed by atoms with Crippen molar-refractivity contribution < 1.29 is 24.5 Å². The average Bonchev–Trinajstić information content (AvgIpc) is 3.29. The number of aliphatic hydroxyl groups excluding tert-OH is 2. The first-order valence-corrected chi connectivity index (χ1v) is 28.6. The maximum absolute atomic E-state index is 12.5. The third kappa shape index (κ3) is 49.8. The van der Waals surface area contributed by atoms with Crippen LogP contribution in [0, 0.1) is 0 Å². The Morgan fingerprint density at radius 2 is 0.781 bits per heavy atom. The number of amides is 1. The third-order valence-corrected chi connectivity index (χ3v) is 13.3. The highest BCUT2D eigenvalue weighted by atomic mass is 16.5. The van der Waals surface area contributed by atoms with E-state index in [0.717, 1.165) is 64.2 Å². The second-order valence-corrected chi connectivity index (χ2v) is 19.6. The van der Waals surface area contributed by atoms with Gasteiger partial charge in [0.1, 0.15) is 0 Å². The normalized spacial score (nSPS) is 12.8. The Morgan fingerprint density at radius 3 is 1.20 bits per heavy atom. The van der Waals surface area contributed by atoms with Crippen LogP contribution in [0.2, 0.25) is 0 Å². The third-order valence-electron chi connectivity index (χ3n) is 13.3. The molecule has 3 N–H and O–H groups in total. The first kappa shape index (κ1) is 62.3. The van der Waals surface area contributed by atoms with Crippen LogP contribution in [0.4, 0.5) is 0 Å². The van der Waals surface area contributed by atoms with E-state index in [-0.39, 0.29) is 18.5 Å². The van der Waals surface area contributed by atoms with Crippen LogP contribution in [0.5, 0.6) is 0 Å². The fourth-order valence-corrected chi connectivity index (χ4v) is 8.85. The largest absolute Gasteiger partial charge is 0.466 e. The number of ether oxygens (including phenoxy) is 1. The lowest BCUT2D eigenvalue weighted by atomic mass is 10.0. The molecule has 0 aliphatic carbocycles. The Hall–Kier alpha value is -1.66. The van der Waals surface area contributed by atoms with E-state index in [1.165, 1.54) is 212 Å². The molecule has 0 rings (SSSR count). The molecule has 378 valence electrons. The fraction of sp³-hybridized carbons (Fsp3) is 0.897. The second-order valence-electron chi connectivity index (χ2n) is 19.6. The monoisotopic (exact) mass is 902 g/mol. The van der Waals surface area contributed by atoms with Crippen molar-refractivity contribution in [2.75, 3.05) is 13.2 Å². The van der Waals surface area contributed by atoms with Crippen molar-refractivity contribution in [2.24, 2.45) is 0 Å². The predicted octanol–water partition coefficient (Wildman–Crippen LogP) is 17.5. The lowest BCUT2D eigenvalue weighted by Crippen LogP contribution is -2.45. The van der Waals surface area contributed by atoms with Crippen LogP contribution in [0.15, 0.2) is 24.3 Å². The molecule has 0 saturated carbocycles. The lowest BCUT2D eigenvalue weighted by molar-refractivity contribution is -0.143. The average molecular weight is 903 g/mol. The predicted molar refractivity (Wildman–Crippen MR) is 278 cm³/mol. The van der Waals surface area contributed by atoms with Crippen molar-refractivity contribution in [2.45, 2.75) is 321 Å². The topological polar surface area (TPSA) is 95.9 Å². The van der Waals surface area contributed by atoms with Crippen molar-refractivity contribution >= 4 is 11.9 Å². The molecule has 1 amide bonds. The Kier molecular flexibility index (Phi) is 52.6. The molecule has 0 aliphatic rings. The zero-order valence-electron chi connectivity index (χ0n) is 43.0. The molecule has 0 aromatic heterocycles. The second kappa shape index (κ2) is 54.0. The number of carbonyl (C=O) groups is 2. The molecular formula is C58H111NO5. The molecule has 2 unspecified atom stereocenters. The van der Waals surface area contributed by atoms with Gasteiger partial charge < -0.3 is 20.3 Å². The van der Waals surface area contributed by atoms with Crippen molar-refractivity contribution in [3.05, 3.63) is 24.3 Å². The molecule has 0 saturated heterocycles. The van der Waals surface area contributed by atoms with Gasteiger partial charge in [-0.05, 0) is 57.8 Å². The summed E-state index contributed by atoms with van der Waals surface area (Å²) >= 11 is 0. The summed E-state index contributed by atoms with van der Waals surface area (Å²) in [5.74, 6) is -0.0921. The quantitative estimate of drug-likeness (QED) is 0.0321. The molecule has 0 spiro atoms. The Balaban J connectivity index is 3.48. The van der Waals surface area contributed by atoms with E-state index < -0.39 is 12.1 Å². The summed E-state index contributed by atoms with van der Waals surface area (Å²) in [5.41, 5.74) is 0. The number of hydrogen-bond acceptors (Lipinski definition) is 5. The van der Waals surface area contributed by atoms with Crippen LogP contribution in [0.3, 0.4) is 0 Å². The zero-order chi connectivity index (χ0) is 46.5. The molecule has 0 heterocycles. The van der Waals surface area contributed by atoms with Crippen molar-refractivity contribution in [1.82, 2.24) is 5.32 Å². The van der Waals surface area contributed by atoms with Crippen molar-refractivity contribution in [1.29, 1.82) is 0 Å². The van der Waals surface area contributed by atoms with Crippen LogP contribution in [-0.4, -0.2) is 47.4 Å². The molecule has 64 heavy (non-hydrogen) atoms. The summed E-state index contributed by atoms with van der Waals surface area (Å²) in [6.07, 6.45) is 64.4. The van der Waals surface area contributed by atoms with Gasteiger partial charge in [-0.15, -0.1) is 0 Å². The molecule has 0 bridgehead atoms. The van der Waals surface area contributed by atoms with Crippen molar-refractivity contribution in [3.8, 4) is 0 Å². The van der Waals surface area contributed by atoms with E-state index in [9.17, 15) is 19.8 Å². The van der Waals surface area contributed by atoms with Gasteiger partial charge in [0.05, 0.1) is 25.4 Å². The summed E-state index contributed by atoms with van der Waals surface area (Å²) in [4.78, 5) is 24.6. The Labute approximate surface area is 399 Å². The number of rotatable bonds is 53. The van der Waals surface area contributed by atoms with E-state index in [2.05, 4.69) is 43.5 Å². The number of unbranched alkanes of at least 4 members (excludes halogenated alkanes) is 38. The van der Waals surface area contributed by atoms with E-state index in [4.69, 9.17) is 4.74 Å². The number of esters is 1. The fourth-order valence-electron chi connectivity index (χ4n) is 8.85. The van der Waals surface area contributed by atoms with E-state index in [0.29, 0.717) is 25.9 Å².